The van der Waals surface area contributed by atoms with E-state index in [1.165, 1.54) is 5.69 Å². The van der Waals surface area contributed by atoms with Crippen molar-refractivity contribution in [2.75, 3.05) is 24.5 Å². The molecule has 0 amide bonds. The number of rotatable bonds is 8. The minimum absolute atomic E-state index is 0.187. The van der Waals surface area contributed by atoms with Gasteiger partial charge in [-0.1, -0.05) is 78.9 Å². The quantitative estimate of drug-likeness (QED) is 0.379. The molecule has 5 heteroatoms. The van der Waals surface area contributed by atoms with Crippen LogP contribution in [-0.4, -0.2) is 36.3 Å². The Balaban J connectivity index is 1.66. The number of ether oxygens (including phenoxy) is 1. The van der Waals surface area contributed by atoms with Gasteiger partial charge in [-0.2, -0.15) is 5.06 Å². The molecule has 1 heterocycles. The maximum absolute atomic E-state index is 12.8. The summed E-state index contributed by atoms with van der Waals surface area (Å²) >= 11 is 0. The number of carbonyl (C=O) groups excluding carboxylic acids is 1. The van der Waals surface area contributed by atoms with E-state index in [9.17, 15) is 4.79 Å². The highest BCUT2D eigenvalue weighted by Gasteiger charge is 2.45. The lowest BCUT2D eigenvalue weighted by atomic mass is 9.82. The Morgan fingerprint density at radius 2 is 1.46 bits per heavy atom. The van der Waals surface area contributed by atoms with Crippen LogP contribution in [0, 0.1) is 0 Å². The molecule has 1 saturated heterocycles. The van der Waals surface area contributed by atoms with Crippen LogP contribution in [0.25, 0.3) is 0 Å². The molecule has 0 aromatic heterocycles. The Hall–Kier alpha value is -3.15. The third-order valence-corrected chi connectivity index (χ3v) is 6.33. The van der Waals surface area contributed by atoms with Crippen molar-refractivity contribution in [3.05, 3.63) is 102 Å². The molecule has 0 spiro atoms. The first kappa shape index (κ1) is 25.0. The van der Waals surface area contributed by atoms with Crippen LogP contribution < -0.4 is 4.90 Å². The van der Waals surface area contributed by atoms with E-state index in [4.69, 9.17) is 9.57 Å². The van der Waals surface area contributed by atoms with E-state index in [2.05, 4.69) is 70.6 Å². The summed E-state index contributed by atoms with van der Waals surface area (Å²) in [7, 11) is 0. The second-order valence-electron chi connectivity index (χ2n) is 10.1. The number of anilines is 1. The SMILES string of the molecule is CC(C)(C)OC(=O)CCC1(c2ccccc2)CN(c2ccccc2)CCN1OCc1ccccc1. The molecule has 1 fully saturated rings. The predicted molar refractivity (Wildman–Crippen MR) is 140 cm³/mol. The molecule has 1 aliphatic rings. The monoisotopic (exact) mass is 472 g/mol. The normalized spacial score (nSPS) is 18.9. The Morgan fingerprint density at radius 3 is 2.09 bits per heavy atom. The van der Waals surface area contributed by atoms with Crippen LogP contribution in [0.5, 0.6) is 0 Å². The highest BCUT2D eigenvalue weighted by Crippen LogP contribution is 2.39. The van der Waals surface area contributed by atoms with Gasteiger partial charge in [0.25, 0.3) is 0 Å². The number of esters is 1. The van der Waals surface area contributed by atoms with Gasteiger partial charge in [0, 0.05) is 31.7 Å². The van der Waals surface area contributed by atoms with Gasteiger partial charge < -0.3 is 9.64 Å². The van der Waals surface area contributed by atoms with Crippen molar-refractivity contribution in [1.82, 2.24) is 5.06 Å². The number of para-hydroxylation sites is 1. The zero-order chi connectivity index (χ0) is 24.7. The average molecular weight is 473 g/mol. The van der Waals surface area contributed by atoms with Crippen molar-refractivity contribution < 1.29 is 14.4 Å². The molecule has 3 aromatic carbocycles. The molecule has 0 aliphatic carbocycles. The maximum atomic E-state index is 12.8. The van der Waals surface area contributed by atoms with Gasteiger partial charge in [0.1, 0.15) is 5.60 Å². The number of hydrogen-bond acceptors (Lipinski definition) is 5. The van der Waals surface area contributed by atoms with Gasteiger partial charge in [0.15, 0.2) is 0 Å². The first-order valence-electron chi connectivity index (χ1n) is 12.4. The summed E-state index contributed by atoms with van der Waals surface area (Å²) in [5.41, 5.74) is 2.40. The van der Waals surface area contributed by atoms with Crippen molar-refractivity contribution in [3.63, 3.8) is 0 Å². The summed E-state index contributed by atoms with van der Waals surface area (Å²) in [6.07, 6.45) is 0.893. The number of benzene rings is 3. The van der Waals surface area contributed by atoms with Crippen LogP contribution in [0.3, 0.4) is 0 Å². The zero-order valence-corrected chi connectivity index (χ0v) is 21.0. The van der Waals surface area contributed by atoms with Crippen molar-refractivity contribution in [2.24, 2.45) is 0 Å². The van der Waals surface area contributed by atoms with Gasteiger partial charge in [0.2, 0.25) is 0 Å². The molecule has 1 aliphatic heterocycles. The number of carbonyl (C=O) groups is 1. The molecule has 4 rings (SSSR count). The van der Waals surface area contributed by atoms with E-state index >= 15 is 0 Å². The molecule has 35 heavy (non-hydrogen) atoms. The average Bonchev–Trinajstić information content (AvgIpc) is 2.87. The third kappa shape index (κ3) is 6.50. The number of hydrogen-bond donors (Lipinski definition) is 0. The topological polar surface area (TPSA) is 42.0 Å². The largest absolute Gasteiger partial charge is 0.460 e. The van der Waals surface area contributed by atoms with Crippen molar-refractivity contribution in [3.8, 4) is 0 Å². The lowest BCUT2D eigenvalue weighted by molar-refractivity contribution is -0.243. The van der Waals surface area contributed by atoms with Crippen LogP contribution in [0.4, 0.5) is 5.69 Å². The lowest BCUT2D eigenvalue weighted by Crippen LogP contribution is -2.60. The fraction of sp³-hybridized carbons (Fsp3) is 0.367. The lowest BCUT2D eigenvalue weighted by Gasteiger charge is -2.51. The molecule has 1 atom stereocenters. The Bertz CT molecular complexity index is 1070. The standard InChI is InChI=1S/C30H36N2O3/c1-29(2,3)35-28(33)19-20-30(26-15-9-5-10-16-26)24-31(27-17-11-6-12-18-27)21-22-32(30)34-23-25-13-7-4-8-14-25/h4-18H,19-24H2,1-3H3. The summed E-state index contributed by atoms with van der Waals surface area (Å²) in [6.45, 7) is 8.46. The van der Waals surface area contributed by atoms with Gasteiger partial charge in [-0.15, -0.1) is 0 Å². The predicted octanol–water partition coefficient (Wildman–Crippen LogP) is 5.96. The van der Waals surface area contributed by atoms with Crippen LogP contribution in [0.15, 0.2) is 91.0 Å². The first-order chi connectivity index (χ1) is 16.9. The maximum Gasteiger partial charge on any atom is 0.306 e. The number of piperazine rings is 1. The van der Waals surface area contributed by atoms with E-state index < -0.39 is 11.1 Å². The van der Waals surface area contributed by atoms with Crippen LogP contribution >= 0.6 is 0 Å². The Morgan fingerprint density at radius 1 is 0.857 bits per heavy atom. The molecule has 5 nitrogen and oxygen atoms in total. The smallest absolute Gasteiger partial charge is 0.306 e. The van der Waals surface area contributed by atoms with E-state index in [0.717, 1.165) is 17.7 Å². The number of hydroxylamine groups is 2. The van der Waals surface area contributed by atoms with Gasteiger partial charge in [-0.05, 0) is 50.5 Å². The van der Waals surface area contributed by atoms with Crippen LogP contribution in [0.2, 0.25) is 0 Å². The van der Waals surface area contributed by atoms with E-state index in [1.54, 1.807) is 0 Å². The van der Waals surface area contributed by atoms with E-state index in [1.807, 2.05) is 51.1 Å². The zero-order valence-electron chi connectivity index (χ0n) is 21.0. The van der Waals surface area contributed by atoms with Gasteiger partial charge in [-0.3, -0.25) is 9.63 Å². The highest BCUT2D eigenvalue weighted by molar-refractivity contribution is 5.70. The molecule has 1 unspecified atom stereocenters. The fourth-order valence-electron chi connectivity index (χ4n) is 4.71. The van der Waals surface area contributed by atoms with E-state index in [0.29, 0.717) is 32.5 Å². The van der Waals surface area contributed by atoms with Crippen LogP contribution in [0.1, 0.15) is 44.7 Å². The molecule has 3 aromatic rings. The molecule has 184 valence electrons. The molecule has 0 radical (unpaired) electrons. The minimum Gasteiger partial charge on any atom is -0.460 e. The second kappa shape index (κ2) is 11.1. The second-order valence-corrected chi connectivity index (χ2v) is 10.1. The molecule has 0 N–H and O–H groups in total. The molecular weight excluding hydrogens is 436 g/mol. The minimum atomic E-state index is -0.513. The summed E-state index contributed by atoms with van der Waals surface area (Å²) in [5.74, 6) is -0.187. The molecule has 0 saturated carbocycles. The Kier molecular flexibility index (Phi) is 7.89. The van der Waals surface area contributed by atoms with Gasteiger partial charge >= 0.3 is 5.97 Å². The van der Waals surface area contributed by atoms with Crippen molar-refractivity contribution in [1.29, 1.82) is 0 Å². The van der Waals surface area contributed by atoms with Crippen LogP contribution in [-0.2, 0) is 26.5 Å². The fourth-order valence-corrected chi connectivity index (χ4v) is 4.71. The summed E-state index contributed by atoms with van der Waals surface area (Å²) in [6, 6.07) is 31.1. The highest BCUT2D eigenvalue weighted by atomic mass is 16.7. The summed E-state index contributed by atoms with van der Waals surface area (Å²) in [5, 5.41) is 2.11. The van der Waals surface area contributed by atoms with Crippen molar-refractivity contribution >= 4 is 11.7 Å². The molecular formula is C30H36N2O3. The van der Waals surface area contributed by atoms with Gasteiger partial charge in [0.05, 0.1) is 12.1 Å². The Labute approximate surface area is 209 Å². The number of nitrogens with zero attached hydrogens (tertiary/aromatic N) is 2. The summed E-state index contributed by atoms with van der Waals surface area (Å²) < 4.78 is 5.67. The van der Waals surface area contributed by atoms with Gasteiger partial charge in [-0.25, -0.2) is 0 Å². The van der Waals surface area contributed by atoms with E-state index in [-0.39, 0.29) is 5.97 Å². The van der Waals surface area contributed by atoms with Crippen molar-refractivity contribution in [2.45, 2.75) is 51.4 Å². The third-order valence-electron chi connectivity index (χ3n) is 6.33. The molecule has 0 bridgehead atoms. The summed E-state index contributed by atoms with van der Waals surface area (Å²) in [4.78, 5) is 21.7. The first-order valence-corrected chi connectivity index (χ1v) is 12.4.